The monoisotopic (exact) mass is 636 g/mol. The van der Waals surface area contributed by atoms with Crippen molar-refractivity contribution in [3.05, 3.63) is 11.6 Å². The van der Waals surface area contributed by atoms with Crippen molar-refractivity contribution in [3.8, 4) is 0 Å². The first kappa shape index (κ1) is 29.9. The number of halogens is 1. The third-order valence-electron chi connectivity index (χ3n) is 13.1. The van der Waals surface area contributed by atoms with E-state index < -0.39 is 19.8 Å². The molecule has 5 aliphatic rings. The Hall–Kier alpha value is 0.470. The van der Waals surface area contributed by atoms with Gasteiger partial charge in [-0.2, -0.15) is 0 Å². The van der Waals surface area contributed by atoms with Gasteiger partial charge < -0.3 is 0 Å². The van der Waals surface area contributed by atoms with Gasteiger partial charge in [0, 0.05) is 0 Å². The van der Waals surface area contributed by atoms with Crippen molar-refractivity contribution < 1.29 is 0 Å². The van der Waals surface area contributed by atoms with E-state index in [9.17, 15) is 0 Å². The van der Waals surface area contributed by atoms with Gasteiger partial charge >= 0.3 is 228 Å². The predicted molar refractivity (Wildman–Crippen MR) is 177 cm³/mol. The van der Waals surface area contributed by atoms with Crippen LogP contribution in [0.15, 0.2) is 11.6 Å². The Kier molecular flexibility index (Phi) is 11.1. The second-order valence-corrected chi connectivity index (χ2v) is 21.4. The maximum absolute atomic E-state index is 2.91. The second kappa shape index (κ2) is 14.1. The average molecular weight is 637 g/mol. The van der Waals surface area contributed by atoms with E-state index in [4.69, 9.17) is 0 Å². The molecule has 5 fully saturated rings. The summed E-state index contributed by atoms with van der Waals surface area (Å²) in [5.41, 5.74) is 1.80. The zero-order chi connectivity index (χ0) is 26.6. The van der Waals surface area contributed by atoms with Crippen molar-refractivity contribution in [2.24, 2.45) is 59.2 Å². The molecule has 0 nitrogen and oxygen atoms in total. The molecule has 0 radical (unpaired) electrons. The first-order chi connectivity index (χ1) is 18.5. The van der Waals surface area contributed by atoms with E-state index in [0.717, 1.165) is 63.1 Å². The van der Waals surface area contributed by atoms with E-state index in [2.05, 4.69) is 38.7 Å². The molecule has 0 aromatic rings. The maximum atomic E-state index is 2.91. The van der Waals surface area contributed by atoms with Crippen LogP contribution in [0.3, 0.4) is 0 Å². The molecule has 1 aliphatic heterocycles. The van der Waals surface area contributed by atoms with Gasteiger partial charge in [-0.05, 0) is 0 Å². The van der Waals surface area contributed by atoms with Gasteiger partial charge in [-0.25, -0.2) is 0 Å². The molecule has 8 atom stereocenters. The fourth-order valence-electron chi connectivity index (χ4n) is 11.4. The topological polar surface area (TPSA) is 0 Å². The molecule has 5 rings (SSSR count). The summed E-state index contributed by atoms with van der Waals surface area (Å²) in [6, 6.07) is 0. The summed E-state index contributed by atoms with van der Waals surface area (Å²) >= 11 is -0.767. The number of hydrogen-bond acceptors (Lipinski definition) is 0. The van der Waals surface area contributed by atoms with Crippen LogP contribution < -0.4 is 0 Å². The third kappa shape index (κ3) is 6.43. The molecule has 1 saturated heterocycles. The molecule has 0 bridgehead atoms. The van der Waals surface area contributed by atoms with Crippen molar-refractivity contribution in [2.75, 3.05) is 9.36 Å². The predicted octanol–water partition coefficient (Wildman–Crippen LogP) is 11.7. The molecule has 0 aromatic carbocycles. The van der Waals surface area contributed by atoms with Gasteiger partial charge in [-0.1, -0.05) is 19.3 Å². The van der Waals surface area contributed by atoms with E-state index in [1.807, 2.05) is 0 Å². The Balaban J connectivity index is 1.43. The van der Waals surface area contributed by atoms with Gasteiger partial charge in [0.15, 0.2) is 0 Å². The van der Waals surface area contributed by atoms with Crippen molar-refractivity contribution in [2.45, 2.75) is 147 Å². The van der Waals surface area contributed by atoms with Crippen LogP contribution in [0, 0.1) is 59.2 Å². The van der Waals surface area contributed by atoms with Crippen molar-refractivity contribution in [3.63, 3.8) is 0 Å². The number of hydrogen-bond donors (Lipinski definition) is 0. The van der Waals surface area contributed by atoms with Gasteiger partial charge in [-0.3, -0.25) is 0 Å². The summed E-state index contributed by atoms with van der Waals surface area (Å²) in [5, 5.41) is 0. The minimum absolute atomic E-state index is 0.767. The SMILES string of the molecule is CCCC1C(C)CC(C2C3CCCCC3C(C(/C=C(\C)C3CCCCC3)CC)C3CCCCC32)CCI1C. The molecule has 0 aromatic heterocycles. The molecular weight excluding hydrogens is 571 g/mol. The zero-order valence-electron chi connectivity index (χ0n) is 26.2. The Morgan fingerprint density at radius 1 is 0.789 bits per heavy atom. The summed E-state index contributed by atoms with van der Waals surface area (Å²) in [6.45, 7) is 10.3. The molecule has 8 unspecified atom stereocenters. The van der Waals surface area contributed by atoms with Crippen LogP contribution in [0.2, 0.25) is 0 Å². The van der Waals surface area contributed by atoms with Crippen LogP contribution >= 0.6 is 19.8 Å². The van der Waals surface area contributed by atoms with Gasteiger partial charge in [0.1, 0.15) is 0 Å². The van der Waals surface area contributed by atoms with Gasteiger partial charge in [-0.15, -0.1) is 0 Å². The first-order valence-electron chi connectivity index (χ1n) is 17.8. The van der Waals surface area contributed by atoms with Crippen molar-refractivity contribution in [1.82, 2.24) is 0 Å². The Morgan fingerprint density at radius 3 is 1.95 bits per heavy atom. The summed E-state index contributed by atoms with van der Waals surface area (Å²) in [5.74, 6) is 10.2. The van der Waals surface area contributed by atoms with Crippen LogP contribution in [-0.2, 0) is 0 Å². The van der Waals surface area contributed by atoms with Crippen molar-refractivity contribution in [1.29, 1.82) is 0 Å². The van der Waals surface area contributed by atoms with E-state index in [-0.39, 0.29) is 0 Å². The molecule has 38 heavy (non-hydrogen) atoms. The number of fused-ring (bicyclic) bond motifs is 2. The summed E-state index contributed by atoms with van der Waals surface area (Å²) < 4.78 is 2.83. The van der Waals surface area contributed by atoms with Gasteiger partial charge in [0.2, 0.25) is 0 Å². The molecule has 1 heterocycles. The van der Waals surface area contributed by atoms with Crippen molar-refractivity contribution >= 4 is 19.8 Å². The summed E-state index contributed by atoms with van der Waals surface area (Å²) in [6.07, 6.45) is 30.4. The molecule has 0 amide bonds. The van der Waals surface area contributed by atoms with Crippen LogP contribution in [0.4, 0.5) is 0 Å². The van der Waals surface area contributed by atoms with E-state index >= 15 is 0 Å². The number of alkyl halides is 3. The molecule has 4 aliphatic carbocycles. The molecule has 4 saturated carbocycles. The fraction of sp³-hybridized carbons (Fsp3) is 0.946. The van der Waals surface area contributed by atoms with Crippen LogP contribution in [-0.4, -0.2) is 13.3 Å². The number of allylic oxidation sites excluding steroid dienone is 2. The quantitative estimate of drug-likeness (QED) is 0.148. The fourth-order valence-corrected chi connectivity index (χ4v) is 18.1. The van der Waals surface area contributed by atoms with Gasteiger partial charge in [0.05, 0.1) is 0 Å². The molecule has 0 N–H and O–H groups in total. The van der Waals surface area contributed by atoms with Crippen LogP contribution in [0.1, 0.15) is 143 Å². The minimum atomic E-state index is -0.767. The van der Waals surface area contributed by atoms with E-state index in [1.54, 1.807) is 67.8 Å². The molecule has 1 heteroatoms. The zero-order valence-corrected chi connectivity index (χ0v) is 28.4. The molecule has 0 spiro atoms. The van der Waals surface area contributed by atoms with E-state index in [1.165, 1.54) is 57.8 Å². The Bertz CT molecular complexity index is 724. The van der Waals surface area contributed by atoms with Crippen LogP contribution in [0.5, 0.6) is 0 Å². The van der Waals surface area contributed by atoms with Gasteiger partial charge in [0.25, 0.3) is 0 Å². The summed E-state index contributed by atoms with van der Waals surface area (Å²) in [4.78, 5) is 2.78. The Morgan fingerprint density at radius 2 is 1.37 bits per heavy atom. The molecular formula is C37H65I. The standard InChI is InChI=1S/C37H65I/c1-6-15-35-27(4)25-30(22-23-38(35)5)37-33-20-13-11-18-31(33)36(32-19-12-14-21-34(32)37)28(7-2)24-26(3)29-16-9-8-10-17-29/h24,27-37H,6-23,25H2,1-5H3/b26-24+. The number of rotatable bonds is 7. The first-order valence-corrected chi connectivity index (χ1v) is 22.7. The Labute approximate surface area is 246 Å². The normalized spacial score (nSPS) is 43.1. The average Bonchev–Trinajstić information content (AvgIpc) is 3.09. The van der Waals surface area contributed by atoms with Crippen LogP contribution in [0.25, 0.3) is 0 Å². The molecule has 220 valence electrons. The van der Waals surface area contributed by atoms with E-state index in [0.29, 0.717) is 0 Å². The second-order valence-electron chi connectivity index (χ2n) is 15.1. The summed E-state index contributed by atoms with van der Waals surface area (Å²) in [7, 11) is 0. The third-order valence-corrected chi connectivity index (χ3v) is 20.0.